The number of aryl methyl sites for hydroxylation is 1. The zero-order valence-corrected chi connectivity index (χ0v) is 8.16. The maximum Gasteiger partial charge on any atom is 0.121 e. The van der Waals surface area contributed by atoms with Crippen LogP contribution in [0.4, 0.5) is 0 Å². The fourth-order valence-electron chi connectivity index (χ4n) is 0.897. The van der Waals surface area contributed by atoms with Gasteiger partial charge < -0.3 is 10.4 Å². The van der Waals surface area contributed by atoms with E-state index in [2.05, 4.69) is 20.3 Å². The minimum absolute atomic E-state index is 0.513. The van der Waals surface area contributed by atoms with E-state index in [0.717, 1.165) is 11.4 Å². The van der Waals surface area contributed by atoms with Gasteiger partial charge in [0.15, 0.2) is 0 Å². The normalized spacial score (nSPS) is 12.0. The summed E-state index contributed by atoms with van der Waals surface area (Å²) in [4.78, 5) is 0. The van der Waals surface area contributed by atoms with E-state index in [1.165, 1.54) is 0 Å². The molecule has 0 fully saturated rings. The predicted molar refractivity (Wildman–Crippen MR) is 47.0 cm³/mol. The molecule has 0 unspecified atom stereocenters. The number of hydrogen-bond acceptors (Lipinski definition) is 5. The van der Waals surface area contributed by atoms with Crippen LogP contribution in [-0.4, -0.2) is 27.6 Å². The molecule has 5 heteroatoms. The third-order valence-corrected chi connectivity index (χ3v) is 1.60. The summed E-state index contributed by atoms with van der Waals surface area (Å²) in [6.45, 7) is 6.40. The van der Waals surface area contributed by atoms with Crippen molar-refractivity contribution in [1.29, 1.82) is 0 Å². The lowest BCUT2D eigenvalue weighted by Crippen LogP contribution is -2.34. The number of hydrogen-bond donors (Lipinski definition) is 2. The van der Waals surface area contributed by atoms with Crippen LogP contribution in [0.25, 0.3) is 0 Å². The molecule has 0 amide bonds. The smallest absolute Gasteiger partial charge is 0.121 e. The highest BCUT2D eigenvalue weighted by molar-refractivity contribution is 5.03. The van der Waals surface area contributed by atoms with Crippen LogP contribution in [0.1, 0.15) is 25.2 Å². The summed E-state index contributed by atoms with van der Waals surface area (Å²) in [5.74, 6) is 0. The van der Waals surface area contributed by atoms with Gasteiger partial charge in [0.25, 0.3) is 0 Å². The van der Waals surface area contributed by atoms with Crippen molar-refractivity contribution in [3.63, 3.8) is 0 Å². The molecule has 1 heterocycles. The number of rotatable bonds is 4. The highest BCUT2D eigenvalue weighted by Crippen LogP contribution is 2.01. The third-order valence-electron chi connectivity index (χ3n) is 1.60. The van der Waals surface area contributed by atoms with Crippen LogP contribution in [0.15, 0.2) is 4.63 Å². The fourth-order valence-corrected chi connectivity index (χ4v) is 0.897. The Kier molecular flexibility index (Phi) is 3.00. The van der Waals surface area contributed by atoms with Gasteiger partial charge >= 0.3 is 0 Å². The Bertz CT molecular complexity index is 265. The summed E-state index contributed by atoms with van der Waals surface area (Å²) < 4.78 is 4.53. The van der Waals surface area contributed by atoms with Crippen LogP contribution in [0.2, 0.25) is 0 Å². The van der Waals surface area contributed by atoms with E-state index in [1.54, 1.807) is 13.8 Å². The number of nitrogens with one attached hydrogen (secondary N) is 1. The minimum Gasteiger partial charge on any atom is -0.389 e. The first kappa shape index (κ1) is 10.1. The van der Waals surface area contributed by atoms with Crippen molar-refractivity contribution in [3.8, 4) is 0 Å². The second-order valence-electron chi connectivity index (χ2n) is 3.71. The van der Waals surface area contributed by atoms with Gasteiger partial charge in [0.05, 0.1) is 5.60 Å². The van der Waals surface area contributed by atoms with Gasteiger partial charge in [-0.2, -0.15) is 0 Å². The molecule has 0 aromatic carbocycles. The molecule has 0 atom stereocenters. The molecule has 1 rings (SSSR count). The molecule has 0 radical (unpaired) electrons. The Morgan fingerprint density at radius 1 is 1.46 bits per heavy atom. The fraction of sp³-hybridized carbons (Fsp3) is 0.750. The van der Waals surface area contributed by atoms with Gasteiger partial charge in [-0.25, -0.2) is 4.63 Å². The molecular weight excluding hydrogens is 170 g/mol. The molecule has 0 bridgehead atoms. The van der Waals surface area contributed by atoms with E-state index >= 15 is 0 Å². The maximum absolute atomic E-state index is 9.39. The SMILES string of the molecule is Cc1nonc1CNCC(C)(C)O. The molecule has 5 nitrogen and oxygen atoms in total. The highest BCUT2D eigenvalue weighted by atomic mass is 16.6. The van der Waals surface area contributed by atoms with E-state index in [9.17, 15) is 5.11 Å². The summed E-state index contributed by atoms with van der Waals surface area (Å²) in [7, 11) is 0. The van der Waals surface area contributed by atoms with Crippen molar-refractivity contribution < 1.29 is 9.74 Å². The summed E-state index contributed by atoms with van der Waals surface area (Å²) in [5.41, 5.74) is 0.859. The quantitative estimate of drug-likeness (QED) is 0.703. The molecule has 1 aromatic rings. The Morgan fingerprint density at radius 3 is 2.62 bits per heavy atom. The van der Waals surface area contributed by atoms with Crippen LogP contribution in [0.5, 0.6) is 0 Å². The van der Waals surface area contributed by atoms with Crippen LogP contribution >= 0.6 is 0 Å². The van der Waals surface area contributed by atoms with Crippen molar-refractivity contribution in [1.82, 2.24) is 15.6 Å². The summed E-state index contributed by atoms with van der Waals surface area (Å²) >= 11 is 0. The highest BCUT2D eigenvalue weighted by Gasteiger charge is 2.12. The molecule has 1 aromatic heterocycles. The lowest BCUT2D eigenvalue weighted by molar-refractivity contribution is 0.0793. The molecule has 0 saturated heterocycles. The number of aliphatic hydroxyl groups is 1. The Balaban J connectivity index is 2.32. The van der Waals surface area contributed by atoms with E-state index in [1.807, 2.05) is 6.92 Å². The predicted octanol–water partition coefficient (Wildman–Crippen LogP) is 0.239. The first-order chi connectivity index (χ1) is 5.99. The molecular formula is C8H15N3O2. The third kappa shape index (κ3) is 3.52. The van der Waals surface area contributed by atoms with E-state index in [0.29, 0.717) is 13.1 Å². The van der Waals surface area contributed by atoms with E-state index < -0.39 is 5.60 Å². The molecule has 2 N–H and O–H groups in total. The van der Waals surface area contributed by atoms with Crippen molar-refractivity contribution in [2.45, 2.75) is 32.9 Å². The van der Waals surface area contributed by atoms with Gasteiger partial charge in [-0.3, -0.25) is 0 Å². The zero-order chi connectivity index (χ0) is 9.90. The summed E-state index contributed by atoms with van der Waals surface area (Å²) in [6, 6.07) is 0. The van der Waals surface area contributed by atoms with E-state index in [-0.39, 0.29) is 0 Å². The zero-order valence-electron chi connectivity index (χ0n) is 8.16. The molecule has 0 spiro atoms. The van der Waals surface area contributed by atoms with Crippen LogP contribution in [0, 0.1) is 6.92 Å². The monoisotopic (exact) mass is 185 g/mol. The lowest BCUT2D eigenvalue weighted by atomic mass is 10.1. The molecule has 0 aliphatic rings. The van der Waals surface area contributed by atoms with Gasteiger partial charge in [0, 0.05) is 13.1 Å². The Morgan fingerprint density at radius 2 is 2.15 bits per heavy atom. The van der Waals surface area contributed by atoms with Crippen LogP contribution in [-0.2, 0) is 6.54 Å². The first-order valence-corrected chi connectivity index (χ1v) is 4.20. The van der Waals surface area contributed by atoms with E-state index in [4.69, 9.17) is 0 Å². The van der Waals surface area contributed by atoms with Crippen molar-refractivity contribution >= 4 is 0 Å². The molecule has 0 aliphatic heterocycles. The maximum atomic E-state index is 9.39. The topological polar surface area (TPSA) is 71.2 Å². The van der Waals surface area contributed by atoms with Crippen LogP contribution in [0.3, 0.4) is 0 Å². The second kappa shape index (κ2) is 3.85. The van der Waals surface area contributed by atoms with Gasteiger partial charge in [0.2, 0.25) is 0 Å². The second-order valence-corrected chi connectivity index (χ2v) is 3.71. The average Bonchev–Trinajstić information content (AvgIpc) is 2.34. The standard InChI is InChI=1S/C8H15N3O2/c1-6-7(11-13-10-6)4-9-5-8(2,3)12/h9,12H,4-5H2,1-3H3. The average molecular weight is 185 g/mol. The molecule has 74 valence electrons. The van der Waals surface area contributed by atoms with Crippen LogP contribution < -0.4 is 5.32 Å². The Labute approximate surface area is 77.1 Å². The van der Waals surface area contributed by atoms with Gasteiger partial charge in [-0.1, -0.05) is 10.3 Å². The lowest BCUT2D eigenvalue weighted by Gasteiger charge is -2.16. The number of aromatic nitrogens is 2. The molecule has 0 saturated carbocycles. The molecule has 13 heavy (non-hydrogen) atoms. The van der Waals surface area contributed by atoms with Crippen molar-refractivity contribution in [2.24, 2.45) is 0 Å². The first-order valence-electron chi connectivity index (χ1n) is 4.20. The minimum atomic E-state index is -0.703. The Hall–Kier alpha value is -0.940. The van der Waals surface area contributed by atoms with Crippen molar-refractivity contribution in [3.05, 3.63) is 11.4 Å². The summed E-state index contributed by atoms with van der Waals surface area (Å²) in [6.07, 6.45) is 0. The van der Waals surface area contributed by atoms with Gasteiger partial charge in [-0.05, 0) is 20.8 Å². The number of nitrogens with zero attached hydrogens (tertiary/aromatic N) is 2. The van der Waals surface area contributed by atoms with Gasteiger partial charge in [0.1, 0.15) is 11.4 Å². The van der Waals surface area contributed by atoms with Crippen molar-refractivity contribution in [2.75, 3.05) is 6.54 Å². The van der Waals surface area contributed by atoms with Gasteiger partial charge in [-0.15, -0.1) is 0 Å². The molecule has 0 aliphatic carbocycles. The largest absolute Gasteiger partial charge is 0.389 e. The summed E-state index contributed by atoms with van der Waals surface area (Å²) in [5, 5.41) is 19.8.